The van der Waals surface area contributed by atoms with Gasteiger partial charge in [0.15, 0.2) is 0 Å². The van der Waals surface area contributed by atoms with Gasteiger partial charge < -0.3 is 5.11 Å². The molecule has 1 N–H and O–H groups in total. The molecule has 0 aromatic rings. The van der Waals surface area contributed by atoms with Gasteiger partial charge in [-0.2, -0.15) is 0 Å². The van der Waals surface area contributed by atoms with E-state index in [2.05, 4.69) is 26.1 Å². The van der Waals surface area contributed by atoms with Gasteiger partial charge in [0.25, 0.3) is 0 Å². The molecule has 5 nitrogen and oxygen atoms in total. The predicted octanol–water partition coefficient (Wildman–Crippen LogP) is 2.27. The fourth-order valence-corrected chi connectivity index (χ4v) is 3.95. The normalized spacial score (nSPS) is 38.1. The van der Waals surface area contributed by atoms with Gasteiger partial charge in [0, 0.05) is 0 Å². The number of carboxylic acid groups (broad SMARTS) is 1. The molecule has 2 saturated carbocycles. The summed E-state index contributed by atoms with van der Waals surface area (Å²) in [7, 11) is 0. The van der Waals surface area contributed by atoms with Crippen molar-refractivity contribution in [3.05, 3.63) is 4.91 Å². The zero-order valence-electron chi connectivity index (χ0n) is 10.6. The largest absolute Gasteiger partial charge is 0.480 e. The van der Waals surface area contributed by atoms with Gasteiger partial charge in [0.05, 0.1) is 11.3 Å². The maximum absolute atomic E-state index is 10.9. The highest BCUT2D eigenvalue weighted by Crippen LogP contribution is 2.66. The Morgan fingerprint density at radius 2 is 2.12 bits per heavy atom. The third-order valence-electron chi connectivity index (χ3n) is 5.51. The Hall–Kier alpha value is -1.13. The average molecular weight is 240 g/mol. The molecule has 96 valence electrons. The molecular formula is C12H20N2O3. The summed E-state index contributed by atoms with van der Waals surface area (Å²) >= 11 is 0. The van der Waals surface area contributed by atoms with Crippen LogP contribution in [-0.2, 0) is 4.79 Å². The lowest BCUT2D eigenvalue weighted by atomic mass is 9.69. The van der Waals surface area contributed by atoms with E-state index in [9.17, 15) is 9.70 Å². The second-order valence-electron chi connectivity index (χ2n) is 6.20. The van der Waals surface area contributed by atoms with Crippen molar-refractivity contribution in [1.82, 2.24) is 5.01 Å². The number of carboxylic acids is 1. The summed E-state index contributed by atoms with van der Waals surface area (Å²) in [5, 5.41) is 13.0. The van der Waals surface area contributed by atoms with Gasteiger partial charge in [-0.15, -0.1) is 4.91 Å². The first-order valence-electron chi connectivity index (χ1n) is 6.14. The van der Waals surface area contributed by atoms with E-state index in [-0.39, 0.29) is 23.4 Å². The highest BCUT2D eigenvalue weighted by molar-refractivity contribution is 5.69. The smallest absolute Gasteiger partial charge is 0.325 e. The molecule has 2 rings (SSSR count). The van der Waals surface area contributed by atoms with Gasteiger partial charge in [0.2, 0.25) is 0 Å². The highest BCUT2D eigenvalue weighted by atomic mass is 16.4. The maximum Gasteiger partial charge on any atom is 0.325 e. The van der Waals surface area contributed by atoms with Crippen LogP contribution < -0.4 is 0 Å². The number of fused-ring (bicyclic) bond motifs is 2. The molecule has 0 aromatic heterocycles. The molecule has 0 heterocycles. The minimum Gasteiger partial charge on any atom is -0.480 e. The van der Waals surface area contributed by atoms with Crippen molar-refractivity contribution < 1.29 is 9.90 Å². The number of rotatable bonds is 4. The number of nitrogens with zero attached hydrogens (tertiary/aromatic N) is 2. The summed E-state index contributed by atoms with van der Waals surface area (Å²) in [4.78, 5) is 21.6. The molecular weight excluding hydrogens is 220 g/mol. The number of hydrogen-bond donors (Lipinski definition) is 1. The van der Waals surface area contributed by atoms with E-state index < -0.39 is 5.97 Å². The van der Waals surface area contributed by atoms with Gasteiger partial charge in [-0.3, -0.25) is 4.79 Å². The summed E-state index contributed by atoms with van der Waals surface area (Å²) in [6, 6.07) is -0.0233. The van der Waals surface area contributed by atoms with Crippen molar-refractivity contribution in [2.45, 2.75) is 46.1 Å². The molecule has 17 heavy (non-hydrogen) atoms. The maximum atomic E-state index is 10.9. The zero-order valence-corrected chi connectivity index (χ0v) is 10.6. The first-order chi connectivity index (χ1) is 7.83. The van der Waals surface area contributed by atoms with Crippen LogP contribution in [0.15, 0.2) is 5.29 Å². The van der Waals surface area contributed by atoms with Crippen LogP contribution >= 0.6 is 0 Å². The Bertz CT molecular complexity index is 356. The molecule has 2 fully saturated rings. The fourth-order valence-electron chi connectivity index (χ4n) is 3.95. The molecule has 0 aliphatic heterocycles. The van der Waals surface area contributed by atoms with Crippen LogP contribution in [0.4, 0.5) is 0 Å². The second-order valence-corrected chi connectivity index (χ2v) is 6.20. The van der Waals surface area contributed by atoms with E-state index in [4.69, 9.17) is 5.11 Å². The lowest BCUT2D eigenvalue weighted by Crippen LogP contribution is -2.46. The zero-order chi connectivity index (χ0) is 12.8. The lowest BCUT2D eigenvalue weighted by molar-refractivity contribution is -0.139. The molecule has 2 bridgehead atoms. The number of carbonyl (C=O) groups is 1. The average Bonchev–Trinajstić information content (AvgIpc) is 2.57. The van der Waals surface area contributed by atoms with Crippen molar-refractivity contribution >= 4 is 5.97 Å². The van der Waals surface area contributed by atoms with Crippen molar-refractivity contribution in [1.29, 1.82) is 0 Å². The van der Waals surface area contributed by atoms with Crippen LogP contribution in [0.3, 0.4) is 0 Å². The Morgan fingerprint density at radius 1 is 1.47 bits per heavy atom. The topological polar surface area (TPSA) is 70.0 Å². The highest BCUT2D eigenvalue weighted by Gasteiger charge is 2.63. The van der Waals surface area contributed by atoms with Gasteiger partial charge in [-0.25, -0.2) is 5.01 Å². The van der Waals surface area contributed by atoms with E-state index >= 15 is 0 Å². The Kier molecular flexibility index (Phi) is 2.67. The number of aliphatic carboxylic acids is 1. The van der Waals surface area contributed by atoms with Gasteiger partial charge >= 0.3 is 5.97 Å². The standard InChI is InChI=1S/C12H20N2O3/c1-11(2)8-4-5-12(11,3)9(6-8)14(13-17)7-10(15)16/h8-9H,4-7H2,1-3H3,(H,15,16). The molecule has 0 radical (unpaired) electrons. The van der Waals surface area contributed by atoms with Crippen molar-refractivity contribution in [3.8, 4) is 0 Å². The summed E-state index contributed by atoms with van der Waals surface area (Å²) in [5.74, 6) is -0.413. The monoisotopic (exact) mass is 240 g/mol. The Labute approximate surface area is 101 Å². The molecule has 5 heteroatoms. The predicted molar refractivity (Wildman–Crippen MR) is 63.2 cm³/mol. The van der Waals surface area contributed by atoms with E-state index in [0.29, 0.717) is 5.92 Å². The second kappa shape index (κ2) is 3.68. The molecule has 0 saturated heterocycles. The first kappa shape index (κ1) is 12.3. The SMILES string of the molecule is CC1(C)C2CCC1(C)C(N(CC(=O)O)N=O)C2. The van der Waals surface area contributed by atoms with Gasteiger partial charge in [-0.1, -0.05) is 20.8 Å². The summed E-state index contributed by atoms with van der Waals surface area (Å²) in [6.45, 7) is 6.35. The molecule has 2 aliphatic rings. The fraction of sp³-hybridized carbons (Fsp3) is 0.917. The van der Waals surface area contributed by atoms with Crippen LogP contribution in [0, 0.1) is 21.7 Å². The number of hydrogen-bond acceptors (Lipinski definition) is 3. The van der Waals surface area contributed by atoms with Crippen molar-refractivity contribution in [2.75, 3.05) is 6.54 Å². The van der Waals surface area contributed by atoms with Crippen LogP contribution in [0.1, 0.15) is 40.0 Å². The van der Waals surface area contributed by atoms with E-state index in [0.717, 1.165) is 12.8 Å². The van der Waals surface area contributed by atoms with Crippen LogP contribution in [0.5, 0.6) is 0 Å². The van der Waals surface area contributed by atoms with Gasteiger partial charge in [-0.05, 0) is 36.0 Å². The van der Waals surface area contributed by atoms with Crippen molar-refractivity contribution in [3.63, 3.8) is 0 Å². The number of nitroso groups, excluding NO2 is 1. The van der Waals surface area contributed by atoms with Crippen LogP contribution in [0.25, 0.3) is 0 Å². The molecule has 2 aliphatic carbocycles. The molecule has 0 spiro atoms. The third kappa shape index (κ3) is 1.55. The van der Waals surface area contributed by atoms with E-state index in [1.165, 1.54) is 11.4 Å². The van der Waals surface area contributed by atoms with Crippen LogP contribution in [-0.4, -0.2) is 28.7 Å². The third-order valence-corrected chi connectivity index (χ3v) is 5.51. The molecule has 3 unspecified atom stereocenters. The lowest BCUT2D eigenvalue weighted by Gasteiger charge is -2.41. The molecule has 3 atom stereocenters. The van der Waals surface area contributed by atoms with E-state index in [1.807, 2.05) is 0 Å². The van der Waals surface area contributed by atoms with Crippen LogP contribution in [0.2, 0.25) is 0 Å². The minimum absolute atomic E-state index is 0.00102. The van der Waals surface area contributed by atoms with Crippen molar-refractivity contribution in [2.24, 2.45) is 22.0 Å². The molecule has 0 aromatic carbocycles. The summed E-state index contributed by atoms with van der Waals surface area (Å²) < 4.78 is 0. The van der Waals surface area contributed by atoms with E-state index in [1.54, 1.807) is 0 Å². The Morgan fingerprint density at radius 3 is 2.47 bits per heavy atom. The first-order valence-corrected chi connectivity index (χ1v) is 6.14. The quantitative estimate of drug-likeness (QED) is 0.604. The Balaban J connectivity index is 2.24. The van der Waals surface area contributed by atoms with Gasteiger partial charge in [0.1, 0.15) is 6.54 Å². The summed E-state index contributed by atoms with van der Waals surface area (Å²) in [5.41, 5.74) is 0.167. The minimum atomic E-state index is -0.992. The molecule has 0 amide bonds. The summed E-state index contributed by atoms with van der Waals surface area (Å²) in [6.07, 6.45) is 3.13.